The molecule has 9 heteroatoms. The Balaban J connectivity index is 2.09. The van der Waals surface area contributed by atoms with Gasteiger partial charge in [-0.2, -0.15) is 13.2 Å². The maximum Gasteiger partial charge on any atom is 0.417 e. The molecule has 1 atom stereocenters. The van der Waals surface area contributed by atoms with Gasteiger partial charge in [0.1, 0.15) is 5.60 Å². The van der Waals surface area contributed by atoms with E-state index < -0.39 is 40.7 Å². The van der Waals surface area contributed by atoms with Crippen molar-refractivity contribution in [1.29, 1.82) is 0 Å². The summed E-state index contributed by atoms with van der Waals surface area (Å²) >= 11 is 0. The van der Waals surface area contributed by atoms with Crippen molar-refractivity contribution in [3.63, 3.8) is 0 Å². The number of hydrogen-bond donors (Lipinski definition) is 0. The number of alkyl halides is 3. The molecule has 1 aromatic carbocycles. The molecule has 1 spiro atoms. The predicted molar refractivity (Wildman–Crippen MR) is 93.7 cm³/mol. The summed E-state index contributed by atoms with van der Waals surface area (Å²) in [5.41, 5.74) is -3.44. The van der Waals surface area contributed by atoms with Gasteiger partial charge in [0.05, 0.1) is 5.56 Å². The number of benzene rings is 1. The van der Waals surface area contributed by atoms with E-state index in [2.05, 4.69) is 0 Å². The number of halogens is 3. The highest BCUT2D eigenvalue weighted by Gasteiger charge is 2.59. The van der Waals surface area contributed by atoms with Gasteiger partial charge in [-0.1, -0.05) is 0 Å². The SMILES string of the molecule is CN1C(=O)C2(CCCN(C(=O)OC(C)(C)C)C2=O)c2cc(C(F)(F)F)ccc21. The average Bonchev–Trinajstić information content (AvgIpc) is 2.77. The highest BCUT2D eigenvalue weighted by atomic mass is 19.4. The van der Waals surface area contributed by atoms with Crippen molar-refractivity contribution in [2.75, 3.05) is 18.5 Å². The first kappa shape index (κ1) is 20.2. The molecule has 0 aliphatic carbocycles. The zero-order valence-corrected chi connectivity index (χ0v) is 16.0. The van der Waals surface area contributed by atoms with E-state index in [1.165, 1.54) is 18.0 Å². The smallest absolute Gasteiger partial charge is 0.417 e. The van der Waals surface area contributed by atoms with E-state index in [-0.39, 0.29) is 30.6 Å². The molecule has 1 saturated heterocycles. The first-order valence-corrected chi connectivity index (χ1v) is 8.84. The highest BCUT2D eigenvalue weighted by Crippen LogP contribution is 2.48. The number of likely N-dealkylation sites (N-methyl/N-ethyl adjacent to an activating group) is 1. The van der Waals surface area contributed by atoms with Crippen LogP contribution in [0.1, 0.15) is 44.7 Å². The van der Waals surface area contributed by atoms with Crippen LogP contribution < -0.4 is 4.90 Å². The first-order chi connectivity index (χ1) is 12.8. The number of carbonyl (C=O) groups excluding carboxylic acids is 3. The van der Waals surface area contributed by atoms with Crippen molar-refractivity contribution in [3.8, 4) is 0 Å². The van der Waals surface area contributed by atoms with Gasteiger partial charge in [0, 0.05) is 24.8 Å². The number of carbonyl (C=O) groups is 3. The van der Waals surface area contributed by atoms with Crippen LogP contribution in [0.2, 0.25) is 0 Å². The largest absolute Gasteiger partial charge is 0.443 e. The summed E-state index contributed by atoms with van der Waals surface area (Å²) in [5, 5.41) is 0. The van der Waals surface area contributed by atoms with E-state index in [1.54, 1.807) is 20.8 Å². The number of piperidine rings is 1. The van der Waals surface area contributed by atoms with E-state index in [0.717, 1.165) is 17.0 Å². The molecule has 3 amide bonds. The quantitative estimate of drug-likeness (QED) is 0.628. The third-order valence-corrected chi connectivity index (χ3v) is 4.97. The van der Waals surface area contributed by atoms with Crippen LogP contribution in [-0.4, -0.2) is 42.0 Å². The van der Waals surface area contributed by atoms with Gasteiger partial charge in [-0.25, -0.2) is 9.69 Å². The van der Waals surface area contributed by atoms with Crippen molar-refractivity contribution < 1.29 is 32.3 Å². The van der Waals surface area contributed by atoms with Crippen LogP contribution in [-0.2, 0) is 25.9 Å². The second-order valence-electron chi connectivity index (χ2n) is 8.04. The number of ether oxygens (including phenoxy) is 1. The molecule has 152 valence electrons. The Labute approximate surface area is 160 Å². The third-order valence-electron chi connectivity index (χ3n) is 4.97. The zero-order valence-electron chi connectivity index (χ0n) is 16.0. The Kier molecular flexibility index (Phi) is 4.48. The van der Waals surface area contributed by atoms with Crippen LogP contribution in [0.25, 0.3) is 0 Å². The lowest BCUT2D eigenvalue weighted by molar-refractivity contribution is -0.146. The van der Waals surface area contributed by atoms with E-state index in [9.17, 15) is 27.6 Å². The molecule has 1 unspecified atom stereocenters. The summed E-state index contributed by atoms with van der Waals surface area (Å²) in [7, 11) is 1.41. The fourth-order valence-corrected chi connectivity index (χ4v) is 3.74. The van der Waals surface area contributed by atoms with Crippen LogP contribution in [0.4, 0.5) is 23.7 Å². The molecule has 2 heterocycles. The third kappa shape index (κ3) is 3.02. The van der Waals surface area contributed by atoms with Gasteiger partial charge in [-0.05, 0) is 51.8 Å². The number of imide groups is 1. The average molecular weight is 398 g/mol. The summed E-state index contributed by atoms with van der Waals surface area (Å²) in [4.78, 5) is 40.7. The summed E-state index contributed by atoms with van der Waals surface area (Å²) in [5.74, 6) is -1.48. The summed E-state index contributed by atoms with van der Waals surface area (Å²) in [6.45, 7) is 4.94. The maximum atomic E-state index is 13.3. The molecule has 0 N–H and O–H groups in total. The standard InChI is InChI=1S/C19H21F3N2O4/c1-17(2,3)28-16(27)24-9-5-8-18(15(24)26)12-10-11(19(20,21)22)6-7-13(12)23(4)14(18)25/h6-7,10H,5,8-9H2,1-4H3. The van der Waals surface area contributed by atoms with Crippen LogP contribution >= 0.6 is 0 Å². The van der Waals surface area contributed by atoms with Gasteiger partial charge in [-0.3, -0.25) is 9.59 Å². The molecule has 1 fully saturated rings. The second-order valence-corrected chi connectivity index (χ2v) is 8.04. The molecule has 0 bridgehead atoms. The number of hydrogen-bond acceptors (Lipinski definition) is 4. The Morgan fingerprint density at radius 1 is 1.14 bits per heavy atom. The molecule has 2 aliphatic rings. The fourth-order valence-electron chi connectivity index (χ4n) is 3.74. The Morgan fingerprint density at radius 2 is 1.79 bits per heavy atom. The fraction of sp³-hybridized carbons (Fsp3) is 0.526. The summed E-state index contributed by atoms with van der Waals surface area (Å²) < 4.78 is 44.9. The topological polar surface area (TPSA) is 66.9 Å². The number of fused-ring (bicyclic) bond motifs is 2. The lowest BCUT2D eigenvalue weighted by Crippen LogP contribution is -2.58. The Morgan fingerprint density at radius 3 is 2.36 bits per heavy atom. The van der Waals surface area contributed by atoms with Crippen LogP contribution in [0.5, 0.6) is 0 Å². The van der Waals surface area contributed by atoms with Crippen molar-refractivity contribution in [3.05, 3.63) is 29.3 Å². The molecule has 1 aromatic rings. The Bertz CT molecular complexity index is 860. The van der Waals surface area contributed by atoms with Crippen molar-refractivity contribution in [1.82, 2.24) is 4.90 Å². The van der Waals surface area contributed by atoms with E-state index in [4.69, 9.17) is 4.74 Å². The second kappa shape index (κ2) is 6.22. The van der Waals surface area contributed by atoms with Gasteiger partial charge in [-0.15, -0.1) is 0 Å². The molecule has 6 nitrogen and oxygen atoms in total. The predicted octanol–water partition coefficient (Wildman–Crippen LogP) is 3.48. The molecular formula is C19H21F3N2O4. The number of rotatable bonds is 0. The molecule has 2 aliphatic heterocycles. The minimum atomic E-state index is -4.62. The van der Waals surface area contributed by atoms with E-state index in [0.29, 0.717) is 0 Å². The van der Waals surface area contributed by atoms with Crippen molar-refractivity contribution >= 4 is 23.6 Å². The highest BCUT2D eigenvalue weighted by molar-refractivity contribution is 6.23. The number of anilines is 1. The van der Waals surface area contributed by atoms with Gasteiger partial charge >= 0.3 is 12.3 Å². The van der Waals surface area contributed by atoms with E-state index >= 15 is 0 Å². The van der Waals surface area contributed by atoms with Crippen LogP contribution in [0.3, 0.4) is 0 Å². The maximum absolute atomic E-state index is 13.3. The molecule has 0 aromatic heterocycles. The number of amides is 3. The lowest BCUT2D eigenvalue weighted by Gasteiger charge is -2.37. The molecule has 3 rings (SSSR count). The summed E-state index contributed by atoms with van der Waals surface area (Å²) in [6.07, 6.45) is -5.22. The molecule has 0 saturated carbocycles. The molecular weight excluding hydrogens is 377 g/mol. The monoisotopic (exact) mass is 398 g/mol. The van der Waals surface area contributed by atoms with Crippen molar-refractivity contribution in [2.45, 2.75) is 50.8 Å². The van der Waals surface area contributed by atoms with Crippen molar-refractivity contribution in [2.24, 2.45) is 0 Å². The van der Waals surface area contributed by atoms with Gasteiger partial charge < -0.3 is 9.64 Å². The number of nitrogens with zero attached hydrogens (tertiary/aromatic N) is 2. The zero-order chi connectivity index (χ0) is 21.1. The van der Waals surface area contributed by atoms with Crippen LogP contribution in [0, 0.1) is 0 Å². The number of likely N-dealkylation sites (tertiary alicyclic amines) is 1. The summed E-state index contributed by atoms with van der Waals surface area (Å²) in [6, 6.07) is 2.90. The van der Waals surface area contributed by atoms with Crippen LogP contribution in [0.15, 0.2) is 18.2 Å². The molecule has 28 heavy (non-hydrogen) atoms. The Hall–Kier alpha value is -2.58. The normalized spacial score (nSPS) is 22.7. The lowest BCUT2D eigenvalue weighted by atomic mass is 9.74. The minimum absolute atomic E-state index is 0.0203. The van der Waals surface area contributed by atoms with Gasteiger partial charge in [0.2, 0.25) is 5.91 Å². The minimum Gasteiger partial charge on any atom is -0.443 e. The first-order valence-electron chi connectivity index (χ1n) is 8.84. The van der Waals surface area contributed by atoms with Gasteiger partial charge in [0.25, 0.3) is 5.91 Å². The van der Waals surface area contributed by atoms with Gasteiger partial charge in [0.15, 0.2) is 5.41 Å². The van der Waals surface area contributed by atoms with E-state index in [1.807, 2.05) is 0 Å². The molecule has 0 radical (unpaired) electrons.